The monoisotopic (exact) mass is 76.1 g/mol. The van der Waals surface area contributed by atoms with Crippen molar-refractivity contribution in [3.63, 3.8) is 0 Å². The van der Waals surface area contributed by atoms with E-state index in [4.69, 9.17) is 1.23 Å². The van der Waals surface area contributed by atoms with Crippen molar-refractivity contribution in [3.05, 3.63) is 0 Å². The van der Waals surface area contributed by atoms with E-state index < -0.39 is 0 Å². The lowest BCUT2D eigenvalue weighted by Gasteiger charge is -1.67. The predicted molar refractivity (Wildman–Crippen MR) is 25.0 cm³/mol. The average Bonchev–Trinajstić information content (AvgIpc) is 1.41. The second kappa shape index (κ2) is 3.22. The van der Waals surface area contributed by atoms with Gasteiger partial charge in [-0.15, -0.1) is 0 Å². The molecule has 0 rings (SSSR count). The maximum Gasteiger partial charge on any atom is 0.00729 e. The van der Waals surface area contributed by atoms with Crippen molar-refractivity contribution in [2.45, 2.75) is 19.4 Å². The highest BCUT2D eigenvalue weighted by molar-refractivity contribution is 6.08. The van der Waals surface area contributed by atoms with E-state index in [9.17, 15) is 0 Å². The van der Waals surface area contributed by atoms with Crippen molar-refractivity contribution >= 4 is 10.2 Å². The summed E-state index contributed by atoms with van der Waals surface area (Å²) in [7, 11) is -0.336. The molecule has 4 heavy (non-hydrogen) atoms. The molecule has 0 aromatic rings. The van der Waals surface area contributed by atoms with Crippen molar-refractivity contribution in [3.8, 4) is 0 Å². The molecule has 26 valence electrons. The minimum absolute atomic E-state index is 0.336. The highest BCUT2D eigenvalue weighted by Gasteiger charge is 1.57. The zero-order chi connectivity index (χ0) is 4.12. The van der Waals surface area contributed by atoms with E-state index in [1.54, 1.807) is 0 Å². The molecular formula is C3H10Si. The first-order valence-corrected chi connectivity index (χ1v) is 2.71. The van der Waals surface area contributed by atoms with Crippen molar-refractivity contribution in [2.24, 2.45) is 0 Å². The zero-order valence-corrected chi connectivity index (χ0v) is 4.54. The van der Waals surface area contributed by atoms with Gasteiger partial charge in [-0.25, -0.2) is 0 Å². The molecule has 0 atom stereocenters. The summed E-state index contributed by atoms with van der Waals surface area (Å²) in [5.41, 5.74) is 0. The fraction of sp³-hybridized carbons (Fsp3) is 1.00. The van der Waals surface area contributed by atoms with E-state index in [2.05, 4.69) is 6.92 Å². The summed E-state index contributed by atoms with van der Waals surface area (Å²) < 4.78 is 6.74. The average molecular weight is 76.2 g/mol. The van der Waals surface area contributed by atoms with Crippen LogP contribution in [0.5, 0.6) is 0 Å². The molecule has 1 heteroatoms. The molecule has 0 aliphatic carbocycles. The first-order valence-electron chi connectivity index (χ1n) is 2.41. The Morgan fingerprint density at radius 2 is 3.00 bits per heavy atom. The first kappa shape index (κ1) is 2.45. The highest BCUT2D eigenvalue weighted by Crippen LogP contribution is 1.73. The second-order valence-corrected chi connectivity index (χ2v) is 1.56. The highest BCUT2D eigenvalue weighted by atomic mass is 28.1. The van der Waals surface area contributed by atoms with Crippen LogP contribution >= 0.6 is 0 Å². The summed E-state index contributed by atoms with van der Waals surface area (Å²) in [5.74, 6) is 0. The molecule has 0 aliphatic heterocycles. The van der Waals surface area contributed by atoms with Crippen LogP contribution in [-0.2, 0) is 0 Å². The maximum atomic E-state index is 6.74. The largest absolute Gasteiger partial charge is 0.0661 e. The standard InChI is InChI=1S/C3H10Si/c1-2-3-4/h2-3H2,1,4H3/i4T. The Morgan fingerprint density at radius 3 is 3.00 bits per heavy atom. The SMILES string of the molecule is [3H][SiH2]CCC. The van der Waals surface area contributed by atoms with Crippen LogP contribution in [0.2, 0.25) is 6.04 Å². The lowest BCUT2D eigenvalue weighted by atomic mass is 10.6. The first-order chi connectivity index (χ1) is 2.41. The summed E-state index contributed by atoms with van der Waals surface area (Å²) in [6.07, 6.45) is 1.22. The molecule has 0 radical (unpaired) electrons. The molecule has 0 saturated heterocycles. The third kappa shape index (κ3) is 2.22. The number of rotatable bonds is 2. The van der Waals surface area contributed by atoms with Gasteiger partial charge in [-0.3, -0.25) is 0 Å². The van der Waals surface area contributed by atoms with Crippen LogP contribution in [0.4, 0.5) is 0 Å². The van der Waals surface area contributed by atoms with Gasteiger partial charge in [0.25, 0.3) is 0 Å². The normalized spacial score (nSPS) is 13.8. The molecule has 0 aliphatic rings. The minimum Gasteiger partial charge on any atom is -0.0661 e. The van der Waals surface area contributed by atoms with Gasteiger partial charge in [-0.2, -0.15) is 0 Å². The Labute approximate surface area is 31.9 Å². The molecule has 0 aromatic carbocycles. The summed E-state index contributed by atoms with van der Waals surface area (Å²) in [5, 5.41) is 0. The summed E-state index contributed by atoms with van der Waals surface area (Å²) in [6.45, 7) is 2.13. The minimum atomic E-state index is -0.336. The zero-order valence-electron chi connectivity index (χ0n) is 4.12. The van der Waals surface area contributed by atoms with Crippen LogP contribution in [0.1, 0.15) is 13.3 Å². The molecule has 0 fully saturated rings. The van der Waals surface area contributed by atoms with E-state index in [0.717, 1.165) is 0 Å². The summed E-state index contributed by atoms with van der Waals surface area (Å²) in [6, 6.07) is 1.19. The van der Waals surface area contributed by atoms with Crippen LogP contribution in [-0.4, -0.2) is 11.4 Å². The van der Waals surface area contributed by atoms with Crippen molar-refractivity contribution in [1.29, 1.82) is 1.23 Å². The lowest BCUT2D eigenvalue weighted by molar-refractivity contribution is 1.08. The number of hydrogen-bond acceptors (Lipinski definition) is 0. The lowest BCUT2D eigenvalue weighted by Crippen LogP contribution is -1.55. The van der Waals surface area contributed by atoms with Gasteiger partial charge < -0.3 is 0 Å². The molecule has 0 nitrogen and oxygen atoms in total. The maximum absolute atomic E-state index is 6.74. The smallest absolute Gasteiger partial charge is 0.00729 e. The van der Waals surface area contributed by atoms with Gasteiger partial charge in [0, 0.05) is 11.4 Å². The molecule has 0 unspecified atom stereocenters. The van der Waals surface area contributed by atoms with E-state index in [1.807, 2.05) is 0 Å². The van der Waals surface area contributed by atoms with Crippen molar-refractivity contribution in [1.82, 2.24) is 0 Å². The number of hydrogen-bond donors (Lipinski definition) is 0. The van der Waals surface area contributed by atoms with Crippen LogP contribution in [0.15, 0.2) is 0 Å². The Morgan fingerprint density at radius 1 is 2.25 bits per heavy atom. The quantitative estimate of drug-likeness (QED) is 0.412. The second-order valence-electron chi connectivity index (χ2n) is 0.854. The van der Waals surface area contributed by atoms with Crippen molar-refractivity contribution < 1.29 is 0 Å². The van der Waals surface area contributed by atoms with Gasteiger partial charge in [-0.1, -0.05) is 19.4 Å². The molecule has 0 aromatic heterocycles. The fourth-order valence-electron chi connectivity index (χ4n) is 0. The van der Waals surface area contributed by atoms with E-state index in [-0.39, 0.29) is 10.2 Å². The predicted octanol–water partition coefficient (Wildman–Crippen LogP) is 0.180. The summed E-state index contributed by atoms with van der Waals surface area (Å²) in [4.78, 5) is 0. The Hall–Kier alpha value is 0.217. The Kier molecular flexibility index (Phi) is 1.97. The van der Waals surface area contributed by atoms with Crippen LogP contribution < -0.4 is 0 Å². The van der Waals surface area contributed by atoms with E-state index in [0.29, 0.717) is 0 Å². The Balaban J connectivity index is 2.19. The molecule has 0 spiro atoms. The Bertz CT molecular complexity index is 14.4. The van der Waals surface area contributed by atoms with Gasteiger partial charge in [0.15, 0.2) is 0 Å². The molecule has 0 bridgehead atoms. The van der Waals surface area contributed by atoms with Crippen LogP contribution in [0.3, 0.4) is 0 Å². The molecule has 0 N–H and O–H groups in total. The molecule has 0 saturated carbocycles. The summed E-state index contributed by atoms with van der Waals surface area (Å²) >= 11 is 0. The third-order valence-electron chi connectivity index (χ3n) is 0.354. The van der Waals surface area contributed by atoms with Gasteiger partial charge in [0.05, 0.1) is 0 Å². The van der Waals surface area contributed by atoms with Gasteiger partial charge in [0.1, 0.15) is 0 Å². The third-order valence-corrected chi connectivity index (χ3v) is 1.06. The van der Waals surface area contributed by atoms with E-state index >= 15 is 0 Å². The van der Waals surface area contributed by atoms with Gasteiger partial charge >= 0.3 is 0 Å². The molecule has 0 heterocycles. The van der Waals surface area contributed by atoms with Crippen molar-refractivity contribution in [2.75, 3.05) is 0 Å². The van der Waals surface area contributed by atoms with Crippen LogP contribution in [0, 0.1) is 0 Å². The van der Waals surface area contributed by atoms with E-state index in [1.165, 1.54) is 12.5 Å². The van der Waals surface area contributed by atoms with Gasteiger partial charge in [-0.05, 0) is 0 Å². The topological polar surface area (TPSA) is 0 Å². The fourth-order valence-corrected chi connectivity index (χ4v) is 0. The molecular weight excluding hydrogens is 64.1 g/mol. The molecule has 0 amide bonds. The van der Waals surface area contributed by atoms with Crippen LogP contribution in [0.25, 0.3) is 0 Å². The van der Waals surface area contributed by atoms with Gasteiger partial charge in [0.2, 0.25) is 0 Å².